The first-order valence-corrected chi connectivity index (χ1v) is 14.7. The molecule has 40 heavy (non-hydrogen) atoms. The molecule has 0 radical (unpaired) electrons. The lowest BCUT2D eigenvalue weighted by atomic mass is 9.69. The van der Waals surface area contributed by atoms with Crippen LogP contribution < -0.4 is 0 Å². The number of rotatable bonds is 2. The molecule has 3 aliphatic rings. The standard InChI is InChI=1S/C36H40O4/c1-17-23-11-9-10-12-24(23)18(2)26-14-28-20(4)30-16-32-22(6)34(36(38)40-8)33(35(37)39-7)21(5)31(32)15-29(30)19(3)27(28)13-25(17)26/h9-16H2,1-8H3. The number of methoxy groups -OCH3 is 2. The highest BCUT2D eigenvalue weighted by atomic mass is 16.5. The van der Waals surface area contributed by atoms with Crippen LogP contribution in [0.15, 0.2) is 0 Å². The summed E-state index contributed by atoms with van der Waals surface area (Å²) in [5.74, 6) is -0.975. The number of benzene rings is 3. The molecule has 4 nitrogen and oxygen atoms in total. The molecule has 0 atom stereocenters. The van der Waals surface area contributed by atoms with E-state index in [0.29, 0.717) is 11.1 Å². The average molecular weight is 537 g/mol. The minimum absolute atomic E-state index is 0.339. The lowest BCUT2D eigenvalue weighted by molar-refractivity contribution is 0.0553. The van der Waals surface area contributed by atoms with Crippen LogP contribution in [0.2, 0.25) is 0 Å². The van der Waals surface area contributed by atoms with E-state index in [-0.39, 0.29) is 0 Å². The van der Waals surface area contributed by atoms with Gasteiger partial charge in [-0.2, -0.15) is 0 Å². The third kappa shape index (κ3) is 3.64. The molecule has 0 fully saturated rings. The number of hydrogen-bond acceptors (Lipinski definition) is 4. The summed E-state index contributed by atoms with van der Waals surface area (Å²) in [5.41, 5.74) is 22.7. The first-order valence-electron chi connectivity index (χ1n) is 14.7. The first-order chi connectivity index (χ1) is 19.1. The van der Waals surface area contributed by atoms with E-state index in [0.717, 1.165) is 47.9 Å². The van der Waals surface area contributed by atoms with Crippen LogP contribution in [0.1, 0.15) is 123 Å². The van der Waals surface area contributed by atoms with Crippen LogP contribution in [-0.4, -0.2) is 26.2 Å². The number of esters is 2. The van der Waals surface area contributed by atoms with Gasteiger partial charge >= 0.3 is 11.9 Å². The van der Waals surface area contributed by atoms with Crippen molar-refractivity contribution < 1.29 is 19.1 Å². The molecule has 0 saturated carbocycles. The number of fused-ring (bicyclic) bond motifs is 5. The highest BCUT2D eigenvalue weighted by Gasteiger charge is 2.34. The molecule has 3 aromatic rings. The zero-order valence-corrected chi connectivity index (χ0v) is 25.3. The Morgan fingerprint density at radius 3 is 0.950 bits per heavy atom. The van der Waals surface area contributed by atoms with Gasteiger partial charge in [0.1, 0.15) is 0 Å². The van der Waals surface area contributed by atoms with Gasteiger partial charge in [-0.3, -0.25) is 0 Å². The van der Waals surface area contributed by atoms with E-state index in [9.17, 15) is 9.59 Å². The number of carbonyl (C=O) groups is 2. The van der Waals surface area contributed by atoms with Crippen molar-refractivity contribution in [3.63, 3.8) is 0 Å². The summed E-state index contributed by atoms with van der Waals surface area (Å²) >= 11 is 0. The Balaban J connectivity index is 1.53. The van der Waals surface area contributed by atoms with Gasteiger partial charge in [0.25, 0.3) is 0 Å². The fourth-order valence-electron chi connectivity index (χ4n) is 8.28. The summed E-state index contributed by atoms with van der Waals surface area (Å²) in [5, 5.41) is 0. The maximum absolute atomic E-state index is 12.9. The van der Waals surface area contributed by atoms with Gasteiger partial charge in [0.05, 0.1) is 25.3 Å². The van der Waals surface area contributed by atoms with Crippen LogP contribution >= 0.6 is 0 Å². The van der Waals surface area contributed by atoms with Gasteiger partial charge in [-0.25, -0.2) is 9.59 Å². The van der Waals surface area contributed by atoms with E-state index >= 15 is 0 Å². The minimum Gasteiger partial charge on any atom is -0.465 e. The van der Waals surface area contributed by atoms with Gasteiger partial charge in [-0.1, -0.05) is 0 Å². The van der Waals surface area contributed by atoms with Gasteiger partial charge in [0.15, 0.2) is 0 Å². The summed E-state index contributed by atoms with van der Waals surface area (Å²) in [6.07, 6.45) is 8.57. The summed E-state index contributed by atoms with van der Waals surface area (Å²) in [6.45, 7) is 13.2. The van der Waals surface area contributed by atoms with Crippen molar-refractivity contribution in [2.75, 3.05) is 14.2 Å². The highest BCUT2D eigenvalue weighted by Crippen LogP contribution is 2.45. The van der Waals surface area contributed by atoms with Crippen LogP contribution in [0.25, 0.3) is 0 Å². The Kier molecular flexibility index (Phi) is 6.44. The van der Waals surface area contributed by atoms with Crippen LogP contribution in [0, 0.1) is 41.5 Å². The molecule has 3 aromatic carbocycles. The zero-order chi connectivity index (χ0) is 28.6. The second-order valence-corrected chi connectivity index (χ2v) is 12.2. The monoisotopic (exact) mass is 536 g/mol. The number of hydrogen-bond donors (Lipinski definition) is 0. The Hall–Kier alpha value is -3.40. The second-order valence-electron chi connectivity index (χ2n) is 12.2. The molecule has 0 heterocycles. The van der Waals surface area contributed by atoms with Crippen molar-refractivity contribution in [2.24, 2.45) is 0 Å². The maximum atomic E-state index is 12.9. The van der Waals surface area contributed by atoms with E-state index in [1.165, 1.54) is 84.4 Å². The lowest BCUT2D eigenvalue weighted by Crippen LogP contribution is -2.24. The van der Waals surface area contributed by atoms with Gasteiger partial charge in [-0.05, 0) is 182 Å². The SMILES string of the molecule is COC(=O)c1c(C)c2c(c(C)c1C(=O)OC)Cc1c(C)c3c(c(C)c1C2)Cc1c(C)c2c(c(C)c1C3)CCCC2. The Morgan fingerprint density at radius 1 is 0.425 bits per heavy atom. The van der Waals surface area contributed by atoms with Gasteiger partial charge < -0.3 is 9.47 Å². The quantitative estimate of drug-likeness (QED) is 0.229. The summed E-state index contributed by atoms with van der Waals surface area (Å²) in [4.78, 5) is 25.8. The van der Waals surface area contributed by atoms with Crippen LogP contribution in [0.4, 0.5) is 0 Å². The van der Waals surface area contributed by atoms with Crippen molar-refractivity contribution in [1.82, 2.24) is 0 Å². The smallest absolute Gasteiger partial charge is 0.339 e. The molecular weight excluding hydrogens is 496 g/mol. The molecule has 0 aliphatic heterocycles. The fraction of sp³-hybridized carbons (Fsp3) is 0.444. The van der Waals surface area contributed by atoms with Crippen LogP contribution in [0.5, 0.6) is 0 Å². The minimum atomic E-state index is -0.487. The van der Waals surface area contributed by atoms with Gasteiger partial charge in [0, 0.05) is 0 Å². The van der Waals surface area contributed by atoms with Crippen molar-refractivity contribution in [3.8, 4) is 0 Å². The van der Waals surface area contributed by atoms with Crippen molar-refractivity contribution in [1.29, 1.82) is 0 Å². The number of ether oxygens (including phenoxy) is 2. The molecule has 0 unspecified atom stereocenters. The average Bonchev–Trinajstić information content (AvgIpc) is 2.98. The Labute approximate surface area is 238 Å². The molecule has 0 N–H and O–H groups in total. The molecule has 208 valence electrons. The lowest BCUT2D eigenvalue weighted by Gasteiger charge is -2.35. The summed E-state index contributed by atoms with van der Waals surface area (Å²) in [6, 6.07) is 0. The molecular formula is C36H40O4. The van der Waals surface area contributed by atoms with Crippen LogP contribution in [-0.2, 0) is 48.0 Å². The van der Waals surface area contributed by atoms with Gasteiger partial charge in [-0.15, -0.1) is 0 Å². The Morgan fingerprint density at radius 2 is 0.675 bits per heavy atom. The molecule has 0 bridgehead atoms. The molecule has 3 aliphatic carbocycles. The predicted octanol–water partition coefficient (Wildman–Crippen LogP) is 6.98. The van der Waals surface area contributed by atoms with Crippen molar-refractivity contribution in [3.05, 3.63) is 100 Å². The fourth-order valence-corrected chi connectivity index (χ4v) is 8.28. The number of carbonyl (C=O) groups excluding carboxylic acids is 2. The predicted molar refractivity (Wildman–Crippen MR) is 158 cm³/mol. The van der Waals surface area contributed by atoms with E-state index in [1.807, 2.05) is 13.8 Å². The third-order valence-corrected chi connectivity index (χ3v) is 10.6. The maximum Gasteiger partial charge on any atom is 0.339 e. The van der Waals surface area contributed by atoms with Crippen molar-refractivity contribution in [2.45, 2.75) is 92.9 Å². The molecule has 0 amide bonds. The highest BCUT2D eigenvalue weighted by molar-refractivity contribution is 6.06. The topological polar surface area (TPSA) is 52.6 Å². The molecule has 0 spiro atoms. The van der Waals surface area contributed by atoms with E-state index in [4.69, 9.17) is 9.47 Å². The summed E-state index contributed by atoms with van der Waals surface area (Å²) < 4.78 is 10.3. The molecule has 6 rings (SSSR count). The van der Waals surface area contributed by atoms with Gasteiger partial charge in [0.2, 0.25) is 0 Å². The first kappa shape index (κ1) is 26.8. The zero-order valence-electron chi connectivity index (χ0n) is 25.3. The van der Waals surface area contributed by atoms with E-state index in [1.54, 1.807) is 22.3 Å². The molecule has 0 saturated heterocycles. The normalized spacial score (nSPS) is 14.9. The van der Waals surface area contributed by atoms with Crippen LogP contribution in [0.3, 0.4) is 0 Å². The van der Waals surface area contributed by atoms with Crippen molar-refractivity contribution >= 4 is 11.9 Å². The van der Waals surface area contributed by atoms with E-state index < -0.39 is 11.9 Å². The van der Waals surface area contributed by atoms with E-state index in [2.05, 4.69) is 27.7 Å². The largest absolute Gasteiger partial charge is 0.465 e. The molecule has 4 heteroatoms. The summed E-state index contributed by atoms with van der Waals surface area (Å²) in [7, 11) is 2.73. The molecule has 0 aromatic heterocycles. The third-order valence-electron chi connectivity index (χ3n) is 10.6. The Bertz CT molecular complexity index is 1530. The second kappa shape index (κ2) is 9.61.